The fraction of sp³-hybridized carbons (Fsp3) is 0.417. The summed E-state index contributed by atoms with van der Waals surface area (Å²) in [5.74, 6) is 0.232. The second-order valence-corrected chi connectivity index (χ2v) is 7.91. The molecule has 2 N–H and O–H groups in total. The van der Waals surface area contributed by atoms with Crippen molar-refractivity contribution >= 4 is 10.9 Å². The molecule has 2 atom stereocenters. The van der Waals surface area contributed by atoms with Crippen LogP contribution in [0, 0.1) is 5.82 Å². The maximum Gasteiger partial charge on any atom is 0.123 e. The number of nitrogens with zero attached hydrogens (tertiary/aromatic N) is 1. The summed E-state index contributed by atoms with van der Waals surface area (Å²) in [6.07, 6.45) is 7.43. The minimum absolute atomic E-state index is 0.181. The molecule has 1 saturated heterocycles. The largest absolute Gasteiger partial charge is 0.395 e. The van der Waals surface area contributed by atoms with Gasteiger partial charge in [0.15, 0.2) is 0 Å². The van der Waals surface area contributed by atoms with Gasteiger partial charge in [0.1, 0.15) is 5.82 Å². The second-order valence-electron chi connectivity index (χ2n) is 7.91. The molecule has 0 amide bonds. The third-order valence-electron chi connectivity index (χ3n) is 6.18. The third-order valence-corrected chi connectivity index (χ3v) is 6.18. The number of H-pyrrole nitrogens is 1. The van der Waals surface area contributed by atoms with Crippen LogP contribution in [0.3, 0.4) is 0 Å². The molecule has 2 aromatic carbocycles. The molecule has 0 radical (unpaired) electrons. The van der Waals surface area contributed by atoms with Gasteiger partial charge in [0.25, 0.3) is 0 Å². The quantitative estimate of drug-likeness (QED) is 0.574. The first kappa shape index (κ1) is 19.2. The highest BCUT2D eigenvalue weighted by Crippen LogP contribution is 2.32. The van der Waals surface area contributed by atoms with Crippen LogP contribution < -0.4 is 0 Å². The fourth-order valence-electron chi connectivity index (χ4n) is 4.72. The van der Waals surface area contributed by atoms with Crippen LogP contribution in [0.2, 0.25) is 0 Å². The van der Waals surface area contributed by atoms with Crippen molar-refractivity contribution < 1.29 is 9.50 Å². The average molecular weight is 381 g/mol. The highest BCUT2D eigenvalue weighted by Gasteiger charge is 2.31. The molecule has 148 valence electrons. The number of piperidine rings is 1. The molecule has 1 fully saturated rings. The molecule has 4 heteroatoms. The molecule has 0 aliphatic carbocycles. The first-order valence-corrected chi connectivity index (χ1v) is 10.4. The zero-order chi connectivity index (χ0) is 19.3. The molecule has 28 heavy (non-hydrogen) atoms. The van der Waals surface area contributed by atoms with Gasteiger partial charge in [0, 0.05) is 29.1 Å². The van der Waals surface area contributed by atoms with Crippen LogP contribution in [-0.2, 0) is 6.42 Å². The van der Waals surface area contributed by atoms with E-state index in [1.165, 1.54) is 23.6 Å². The highest BCUT2D eigenvalue weighted by molar-refractivity contribution is 5.83. The molecular formula is C24H29FN2O. The zero-order valence-electron chi connectivity index (χ0n) is 16.3. The van der Waals surface area contributed by atoms with Gasteiger partial charge in [-0.2, -0.15) is 0 Å². The number of aliphatic hydroxyl groups excluding tert-OH is 1. The van der Waals surface area contributed by atoms with Crippen molar-refractivity contribution in [1.29, 1.82) is 0 Å². The Balaban J connectivity index is 1.34. The lowest BCUT2D eigenvalue weighted by Gasteiger charge is -2.41. The maximum atomic E-state index is 13.5. The Labute approximate surface area is 166 Å². The predicted octanol–water partition coefficient (Wildman–Crippen LogP) is 4.87. The number of rotatable bonds is 7. The van der Waals surface area contributed by atoms with E-state index in [0.29, 0.717) is 5.92 Å². The van der Waals surface area contributed by atoms with E-state index in [1.54, 1.807) is 12.1 Å². The molecule has 1 aromatic heterocycles. The van der Waals surface area contributed by atoms with Crippen LogP contribution in [0.1, 0.15) is 42.7 Å². The molecule has 1 unspecified atom stereocenters. The molecule has 1 aliphatic rings. The van der Waals surface area contributed by atoms with Crippen LogP contribution >= 0.6 is 0 Å². The fourth-order valence-corrected chi connectivity index (χ4v) is 4.72. The molecule has 3 nitrogen and oxygen atoms in total. The number of likely N-dealkylation sites (tertiary alicyclic amines) is 1. The number of aromatic nitrogens is 1. The van der Waals surface area contributed by atoms with Gasteiger partial charge in [-0.1, -0.05) is 30.3 Å². The van der Waals surface area contributed by atoms with Gasteiger partial charge in [-0.05, 0) is 74.5 Å². The summed E-state index contributed by atoms with van der Waals surface area (Å²) in [5.41, 5.74) is 3.53. The summed E-state index contributed by atoms with van der Waals surface area (Å²) in [4.78, 5) is 5.70. The van der Waals surface area contributed by atoms with Gasteiger partial charge < -0.3 is 10.1 Å². The number of benzene rings is 2. The van der Waals surface area contributed by atoms with E-state index in [1.807, 2.05) is 6.20 Å². The van der Waals surface area contributed by atoms with Crippen LogP contribution in [0.5, 0.6) is 0 Å². The summed E-state index contributed by atoms with van der Waals surface area (Å²) < 4.78 is 13.5. The lowest BCUT2D eigenvalue weighted by molar-refractivity contribution is 0.0717. The molecular weight excluding hydrogens is 351 g/mol. The smallest absolute Gasteiger partial charge is 0.123 e. The Morgan fingerprint density at radius 2 is 1.96 bits per heavy atom. The zero-order valence-corrected chi connectivity index (χ0v) is 16.3. The summed E-state index contributed by atoms with van der Waals surface area (Å²) in [5, 5.41) is 11.1. The predicted molar refractivity (Wildman–Crippen MR) is 112 cm³/mol. The molecule has 2 heterocycles. The minimum Gasteiger partial charge on any atom is -0.395 e. The summed E-state index contributed by atoms with van der Waals surface area (Å²) in [7, 11) is 0. The average Bonchev–Trinajstić information content (AvgIpc) is 3.13. The van der Waals surface area contributed by atoms with Crippen molar-refractivity contribution in [2.75, 3.05) is 19.7 Å². The first-order valence-electron chi connectivity index (χ1n) is 10.4. The van der Waals surface area contributed by atoms with E-state index in [9.17, 15) is 9.50 Å². The number of fused-ring (bicyclic) bond motifs is 1. The van der Waals surface area contributed by atoms with Gasteiger partial charge in [-0.3, -0.25) is 4.90 Å². The summed E-state index contributed by atoms with van der Waals surface area (Å²) in [6, 6.07) is 15.7. The molecule has 1 aliphatic heterocycles. The van der Waals surface area contributed by atoms with Gasteiger partial charge in [-0.25, -0.2) is 4.39 Å². The number of aryl methyl sites for hydroxylation is 1. The van der Waals surface area contributed by atoms with Crippen molar-refractivity contribution in [3.8, 4) is 0 Å². The molecule has 4 rings (SSSR count). The SMILES string of the molecule is OCC1[C@@H](c2ccccc2)CCCN1CCCCc1c[nH]c2ccc(F)cc12. The van der Waals surface area contributed by atoms with Crippen LogP contribution in [-0.4, -0.2) is 40.7 Å². The standard InChI is InChI=1S/C24H29FN2O/c25-20-11-12-23-22(15-20)19(16-26-23)9-4-5-13-27-14-6-10-21(24(27)17-28)18-7-2-1-3-8-18/h1-3,7-8,11-12,15-16,21,24,26,28H,4-6,9-10,13-14,17H2/t21-,24?/m1/s1. The molecule has 0 saturated carbocycles. The van der Waals surface area contributed by atoms with Crippen LogP contribution in [0.15, 0.2) is 54.7 Å². The third kappa shape index (κ3) is 4.13. The summed E-state index contributed by atoms with van der Waals surface area (Å²) in [6.45, 7) is 2.28. The van der Waals surface area contributed by atoms with Gasteiger partial charge >= 0.3 is 0 Å². The van der Waals surface area contributed by atoms with Crippen LogP contribution in [0.25, 0.3) is 10.9 Å². The molecule has 0 bridgehead atoms. The lowest BCUT2D eigenvalue weighted by Crippen LogP contribution is -2.46. The number of unbranched alkanes of at least 4 members (excludes halogenated alkanes) is 1. The Hall–Kier alpha value is -2.17. The molecule has 3 aromatic rings. The van der Waals surface area contributed by atoms with Gasteiger partial charge in [-0.15, -0.1) is 0 Å². The lowest BCUT2D eigenvalue weighted by atomic mass is 9.83. The summed E-state index contributed by atoms with van der Waals surface area (Å²) >= 11 is 0. The van der Waals surface area contributed by atoms with Crippen molar-refractivity contribution in [2.45, 2.75) is 44.1 Å². The highest BCUT2D eigenvalue weighted by atomic mass is 19.1. The normalized spacial score (nSPS) is 20.6. The Kier molecular flexibility index (Phi) is 6.08. The Morgan fingerprint density at radius 1 is 1.11 bits per heavy atom. The number of halogens is 1. The monoisotopic (exact) mass is 380 g/mol. The van der Waals surface area contributed by atoms with Crippen molar-refractivity contribution in [1.82, 2.24) is 9.88 Å². The van der Waals surface area contributed by atoms with E-state index in [2.05, 4.69) is 40.2 Å². The topological polar surface area (TPSA) is 39.3 Å². The van der Waals surface area contributed by atoms with E-state index < -0.39 is 0 Å². The van der Waals surface area contributed by atoms with Gasteiger partial charge in [0.2, 0.25) is 0 Å². The number of hydrogen-bond donors (Lipinski definition) is 2. The minimum atomic E-state index is -0.181. The number of aliphatic hydroxyl groups is 1. The van der Waals surface area contributed by atoms with E-state index in [4.69, 9.17) is 0 Å². The maximum absolute atomic E-state index is 13.5. The molecule has 0 spiro atoms. The Bertz CT molecular complexity index is 892. The number of nitrogens with one attached hydrogen (secondary N) is 1. The van der Waals surface area contributed by atoms with Gasteiger partial charge in [0.05, 0.1) is 6.61 Å². The van der Waals surface area contributed by atoms with E-state index in [-0.39, 0.29) is 18.5 Å². The first-order chi connectivity index (χ1) is 13.8. The Morgan fingerprint density at radius 3 is 2.79 bits per heavy atom. The van der Waals surface area contributed by atoms with E-state index in [0.717, 1.165) is 49.7 Å². The number of aromatic amines is 1. The van der Waals surface area contributed by atoms with Crippen molar-refractivity contribution in [3.05, 3.63) is 71.7 Å². The van der Waals surface area contributed by atoms with E-state index >= 15 is 0 Å². The second kappa shape index (κ2) is 8.89. The number of hydrogen-bond acceptors (Lipinski definition) is 2. The van der Waals surface area contributed by atoms with Crippen LogP contribution in [0.4, 0.5) is 4.39 Å². The van der Waals surface area contributed by atoms with Crippen molar-refractivity contribution in [2.24, 2.45) is 0 Å². The van der Waals surface area contributed by atoms with Crippen molar-refractivity contribution in [3.63, 3.8) is 0 Å².